The number of aliphatic hydroxyl groups is 1. The summed E-state index contributed by atoms with van der Waals surface area (Å²) in [4.78, 5) is 45.4. The highest BCUT2D eigenvalue weighted by Crippen LogP contribution is 2.63. The molecule has 1 aromatic rings. The normalized spacial score (nSPS) is 29.7. The summed E-state index contributed by atoms with van der Waals surface area (Å²) in [6, 6.07) is 7.97. The molecule has 0 radical (unpaired) electrons. The summed E-state index contributed by atoms with van der Waals surface area (Å²) in [5, 5.41) is 10.6. The van der Waals surface area contributed by atoms with Gasteiger partial charge < -0.3 is 24.4 Å². The molecule has 8 heteroatoms. The van der Waals surface area contributed by atoms with Crippen molar-refractivity contribution in [2.75, 3.05) is 26.3 Å². The van der Waals surface area contributed by atoms with E-state index in [1.807, 2.05) is 37.3 Å². The monoisotopic (exact) mass is 538 g/mol. The average molecular weight is 539 g/mol. The first-order chi connectivity index (χ1) is 18.8. The van der Waals surface area contributed by atoms with Gasteiger partial charge in [-0.2, -0.15) is 0 Å². The van der Waals surface area contributed by atoms with E-state index in [-0.39, 0.29) is 25.0 Å². The number of likely N-dealkylation sites (tertiary alicyclic amines) is 1. The third-order valence-electron chi connectivity index (χ3n) is 8.66. The molecule has 6 atom stereocenters. The number of hydrogen-bond acceptors (Lipinski definition) is 6. The molecule has 1 spiro atoms. The largest absolute Gasteiger partial charge is 0.461 e. The van der Waals surface area contributed by atoms with Crippen LogP contribution in [0.1, 0.15) is 51.5 Å². The standard InChI is InChI=1S/C31H42N2O6/c1-5-8-12-18-32(17-6-2)28(36)26-31-16-15-30(4,39-31)25(29(37)38-19-7-3)24(31)27(35)33(26)23(21-34)20-22-13-10-9-11-14-22/h6-7,9-11,13-14,23-26,34H,2-3,5,8,12,15-21H2,1,4H3/t23-,24+,25+,26?,30-,31?/m1/s1. The fourth-order valence-electron chi connectivity index (χ4n) is 6.93. The molecule has 8 nitrogen and oxygen atoms in total. The maximum atomic E-state index is 14.4. The second-order valence-electron chi connectivity index (χ2n) is 11.2. The lowest BCUT2D eigenvalue weighted by molar-refractivity contribution is -0.161. The van der Waals surface area contributed by atoms with Gasteiger partial charge in [0.2, 0.25) is 11.8 Å². The van der Waals surface area contributed by atoms with Crippen LogP contribution in [-0.2, 0) is 30.3 Å². The molecule has 39 heavy (non-hydrogen) atoms. The van der Waals surface area contributed by atoms with E-state index in [2.05, 4.69) is 20.1 Å². The van der Waals surface area contributed by atoms with Crippen LogP contribution in [0.2, 0.25) is 0 Å². The van der Waals surface area contributed by atoms with Crippen LogP contribution in [0.25, 0.3) is 0 Å². The molecular formula is C31H42N2O6. The number of ether oxygens (including phenoxy) is 2. The van der Waals surface area contributed by atoms with Crippen molar-refractivity contribution in [1.29, 1.82) is 0 Å². The molecule has 3 aliphatic heterocycles. The van der Waals surface area contributed by atoms with Crippen molar-refractivity contribution in [3.63, 3.8) is 0 Å². The van der Waals surface area contributed by atoms with Crippen LogP contribution in [0.15, 0.2) is 55.6 Å². The van der Waals surface area contributed by atoms with Crippen molar-refractivity contribution in [3.8, 4) is 0 Å². The molecule has 3 saturated heterocycles. The van der Waals surface area contributed by atoms with Gasteiger partial charge in [0.1, 0.15) is 24.2 Å². The molecule has 0 aromatic heterocycles. The number of rotatable bonds is 14. The Labute approximate surface area is 231 Å². The number of unbranched alkanes of at least 4 members (excludes halogenated alkanes) is 2. The van der Waals surface area contributed by atoms with E-state index in [9.17, 15) is 19.5 Å². The van der Waals surface area contributed by atoms with Gasteiger partial charge in [0.05, 0.1) is 24.2 Å². The molecule has 2 bridgehead atoms. The molecule has 3 heterocycles. The lowest BCUT2D eigenvalue weighted by Crippen LogP contribution is -2.59. The number of carbonyl (C=O) groups is 3. The highest BCUT2D eigenvalue weighted by atomic mass is 16.6. The minimum absolute atomic E-state index is 0.0310. The highest BCUT2D eigenvalue weighted by molar-refractivity contribution is 5.98. The minimum Gasteiger partial charge on any atom is -0.461 e. The Balaban J connectivity index is 1.77. The Morgan fingerprint density at radius 2 is 1.97 bits per heavy atom. The van der Waals surface area contributed by atoms with E-state index in [0.717, 1.165) is 24.8 Å². The van der Waals surface area contributed by atoms with Gasteiger partial charge in [-0.25, -0.2) is 0 Å². The van der Waals surface area contributed by atoms with Gasteiger partial charge in [0.25, 0.3) is 0 Å². The van der Waals surface area contributed by atoms with Crippen LogP contribution < -0.4 is 0 Å². The van der Waals surface area contributed by atoms with E-state index in [1.165, 1.54) is 11.0 Å². The molecular weight excluding hydrogens is 496 g/mol. The van der Waals surface area contributed by atoms with E-state index in [4.69, 9.17) is 9.47 Å². The molecule has 3 aliphatic rings. The Bertz CT molecular complexity index is 1080. The summed E-state index contributed by atoms with van der Waals surface area (Å²) in [5.41, 5.74) is -1.15. The number of hydrogen-bond donors (Lipinski definition) is 1. The van der Waals surface area contributed by atoms with Crippen LogP contribution in [0.3, 0.4) is 0 Å². The maximum absolute atomic E-state index is 14.4. The summed E-state index contributed by atoms with van der Waals surface area (Å²) in [6.07, 6.45) is 7.37. The van der Waals surface area contributed by atoms with Gasteiger partial charge in [0.15, 0.2) is 0 Å². The molecule has 3 fully saturated rings. The first kappa shape index (κ1) is 29.0. The number of aliphatic hydroxyl groups excluding tert-OH is 1. The van der Waals surface area contributed by atoms with Crippen LogP contribution in [0.4, 0.5) is 0 Å². The Morgan fingerprint density at radius 1 is 1.23 bits per heavy atom. The van der Waals surface area contributed by atoms with Gasteiger partial charge in [-0.15, -0.1) is 6.58 Å². The molecule has 2 amide bonds. The number of amides is 2. The predicted molar refractivity (Wildman–Crippen MR) is 148 cm³/mol. The quantitative estimate of drug-likeness (QED) is 0.222. The summed E-state index contributed by atoms with van der Waals surface area (Å²) in [5.74, 6) is -2.78. The second-order valence-corrected chi connectivity index (χ2v) is 11.2. The molecule has 212 valence electrons. The van der Waals surface area contributed by atoms with Crippen molar-refractivity contribution < 1.29 is 29.0 Å². The van der Waals surface area contributed by atoms with E-state index < -0.39 is 41.1 Å². The van der Waals surface area contributed by atoms with Crippen molar-refractivity contribution in [1.82, 2.24) is 9.80 Å². The summed E-state index contributed by atoms with van der Waals surface area (Å²) in [7, 11) is 0. The Morgan fingerprint density at radius 3 is 2.62 bits per heavy atom. The first-order valence-electron chi connectivity index (χ1n) is 14.1. The van der Waals surface area contributed by atoms with Crippen LogP contribution in [0.5, 0.6) is 0 Å². The predicted octanol–water partition coefficient (Wildman–Crippen LogP) is 3.29. The zero-order valence-corrected chi connectivity index (χ0v) is 23.2. The number of carbonyl (C=O) groups excluding carboxylic acids is 3. The second kappa shape index (κ2) is 12.0. The van der Waals surface area contributed by atoms with Crippen molar-refractivity contribution >= 4 is 17.8 Å². The highest BCUT2D eigenvalue weighted by Gasteiger charge is 2.79. The number of fused-ring (bicyclic) bond motifs is 1. The van der Waals surface area contributed by atoms with Crippen LogP contribution >= 0.6 is 0 Å². The summed E-state index contributed by atoms with van der Waals surface area (Å²) < 4.78 is 12.1. The maximum Gasteiger partial charge on any atom is 0.313 e. The topological polar surface area (TPSA) is 96.4 Å². The van der Waals surface area contributed by atoms with Gasteiger partial charge in [0, 0.05) is 13.1 Å². The Hall–Kier alpha value is -2.97. The van der Waals surface area contributed by atoms with Crippen molar-refractivity contribution in [2.45, 2.75) is 75.7 Å². The third-order valence-corrected chi connectivity index (χ3v) is 8.66. The zero-order chi connectivity index (χ0) is 28.2. The van der Waals surface area contributed by atoms with E-state index >= 15 is 0 Å². The van der Waals surface area contributed by atoms with Crippen molar-refractivity contribution in [2.24, 2.45) is 11.8 Å². The minimum atomic E-state index is -1.17. The molecule has 2 unspecified atom stereocenters. The molecule has 1 N–H and O–H groups in total. The van der Waals surface area contributed by atoms with Crippen LogP contribution in [-0.4, -0.2) is 82.3 Å². The summed E-state index contributed by atoms with van der Waals surface area (Å²) in [6.45, 7) is 12.0. The number of nitrogens with zero attached hydrogens (tertiary/aromatic N) is 2. The Kier molecular flexibility index (Phi) is 8.96. The first-order valence-corrected chi connectivity index (χ1v) is 14.1. The number of esters is 1. The molecule has 0 saturated carbocycles. The zero-order valence-electron chi connectivity index (χ0n) is 23.2. The lowest BCUT2D eigenvalue weighted by Gasteiger charge is -2.39. The fraction of sp³-hybridized carbons (Fsp3) is 0.581. The summed E-state index contributed by atoms with van der Waals surface area (Å²) >= 11 is 0. The molecule has 0 aliphatic carbocycles. The lowest BCUT2D eigenvalue weighted by atomic mass is 9.66. The van der Waals surface area contributed by atoms with E-state index in [1.54, 1.807) is 11.0 Å². The van der Waals surface area contributed by atoms with Crippen molar-refractivity contribution in [3.05, 3.63) is 61.2 Å². The molecule has 1 aromatic carbocycles. The fourth-order valence-corrected chi connectivity index (χ4v) is 6.93. The molecule has 4 rings (SSSR count). The van der Waals surface area contributed by atoms with Crippen LogP contribution in [0, 0.1) is 11.8 Å². The smallest absolute Gasteiger partial charge is 0.313 e. The van der Waals surface area contributed by atoms with Gasteiger partial charge >= 0.3 is 5.97 Å². The van der Waals surface area contributed by atoms with Gasteiger partial charge in [-0.3, -0.25) is 14.4 Å². The van der Waals surface area contributed by atoms with Gasteiger partial charge in [-0.05, 0) is 38.2 Å². The average Bonchev–Trinajstić information content (AvgIpc) is 3.51. The number of benzene rings is 1. The third kappa shape index (κ3) is 5.16. The van der Waals surface area contributed by atoms with E-state index in [0.29, 0.717) is 32.4 Å². The SMILES string of the molecule is C=CCOC(=O)[C@@H]1[C@H]2C(=O)N([C@@H](CO)Cc3ccccc3)C(C(=O)N(CC=C)CCCCC)C23CC[C@@]1(C)O3. The van der Waals surface area contributed by atoms with Gasteiger partial charge in [-0.1, -0.05) is 68.8 Å².